The van der Waals surface area contributed by atoms with Crippen molar-refractivity contribution in [3.05, 3.63) is 33.3 Å². The predicted molar refractivity (Wildman–Crippen MR) is 79.1 cm³/mol. The molecule has 17 heavy (non-hydrogen) atoms. The maximum absolute atomic E-state index is 6.29. The molecule has 2 rings (SSSR count). The summed E-state index contributed by atoms with van der Waals surface area (Å²) < 4.78 is 6.74. The Kier molecular flexibility index (Phi) is 4.56. The third-order valence-corrected chi connectivity index (χ3v) is 5.62. The Labute approximate surface area is 124 Å². The fraction of sp³-hybridized carbons (Fsp3) is 0.538. The summed E-state index contributed by atoms with van der Waals surface area (Å²) in [7, 11) is 0. The van der Waals surface area contributed by atoms with Crippen LogP contribution < -0.4 is 0 Å². The van der Waals surface area contributed by atoms with Crippen molar-refractivity contribution in [2.24, 2.45) is 5.41 Å². The first-order valence-corrected chi connectivity index (χ1v) is 7.98. The molecular weight excluding hydrogens is 367 g/mol. The van der Waals surface area contributed by atoms with Crippen LogP contribution in [0.25, 0.3) is 0 Å². The minimum Gasteiger partial charge on any atom is -0.378 e. The van der Waals surface area contributed by atoms with E-state index < -0.39 is 0 Å². The highest BCUT2D eigenvalue weighted by Gasteiger charge is 2.40. The third kappa shape index (κ3) is 2.89. The first kappa shape index (κ1) is 13.9. The zero-order valence-corrected chi connectivity index (χ0v) is 13.6. The van der Waals surface area contributed by atoms with Gasteiger partial charge in [0.25, 0.3) is 0 Å². The Morgan fingerprint density at radius 1 is 1.53 bits per heavy atom. The van der Waals surface area contributed by atoms with Crippen molar-refractivity contribution in [1.29, 1.82) is 0 Å². The standard InChI is InChI=1S/C13H15Br2ClO/c1-9-13(8-14,4-5-17-9)7-10-2-3-11(15)6-12(10)16/h2-3,6,9H,4-5,7-8H2,1H3. The molecule has 0 spiro atoms. The fourth-order valence-electron chi connectivity index (χ4n) is 2.32. The lowest BCUT2D eigenvalue weighted by atomic mass is 9.78. The van der Waals surface area contributed by atoms with Crippen LogP contribution in [0, 0.1) is 5.41 Å². The van der Waals surface area contributed by atoms with Crippen molar-refractivity contribution in [3.63, 3.8) is 0 Å². The zero-order chi connectivity index (χ0) is 12.5. The van der Waals surface area contributed by atoms with E-state index in [1.807, 2.05) is 12.1 Å². The fourth-order valence-corrected chi connectivity index (χ4v) is 3.99. The van der Waals surface area contributed by atoms with Crippen molar-refractivity contribution < 1.29 is 4.74 Å². The zero-order valence-electron chi connectivity index (χ0n) is 9.68. The highest BCUT2D eigenvalue weighted by Crippen LogP contribution is 2.41. The Balaban J connectivity index is 2.24. The monoisotopic (exact) mass is 380 g/mol. The average molecular weight is 383 g/mol. The van der Waals surface area contributed by atoms with Gasteiger partial charge in [0, 0.05) is 26.8 Å². The van der Waals surface area contributed by atoms with Crippen molar-refractivity contribution >= 4 is 43.5 Å². The Morgan fingerprint density at radius 2 is 2.29 bits per heavy atom. The van der Waals surface area contributed by atoms with Gasteiger partial charge in [-0.05, 0) is 37.5 Å². The summed E-state index contributed by atoms with van der Waals surface area (Å²) in [4.78, 5) is 0. The van der Waals surface area contributed by atoms with Crippen LogP contribution in [0.3, 0.4) is 0 Å². The van der Waals surface area contributed by atoms with Crippen molar-refractivity contribution in [2.75, 3.05) is 11.9 Å². The number of hydrogen-bond acceptors (Lipinski definition) is 1. The molecule has 0 saturated carbocycles. The Hall–Kier alpha value is 0.430. The van der Waals surface area contributed by atoms with Gasteiger partial charge in [0.1, 0.15) is 0 Å². The van der Waals surface area contributed by atoms with E-state index in [1.54, 1.807) is 0 Å². The lowest BCUT2D eigenvalue weighted by molar-refractivity contribution is 0.0746. The molecule has 0 bridgehead atoms. The van der Waals surface area contributed by atoms with E-state index in [1.165, 1.54) is 5.56 Å². The van der Waals surface area contributed by atoms with Crippen LogP contribution in [0.4, 0.5) is 0 Å². The third-order valence-electron chi connectivity index (χ3n) is 3.65. The summed E-state index contributed by atoms with van der Waals surface area (Å²) >= 11 is 13.4. The van der Waals surface area contributed by atoms with E-state index in [4.69, 9.17) is 16.3 Å². The second-order valence-electron chi connectivity index (χ2n) is 4.67. The molecule has 2 atom stereocenters. The molecule has 0 aliphatic carbocycles. The molecule has 0 radical (unpaired) electrons. The number of rotatable bonds is 3. The van der Waals surface area contributed by atoms with Gasteiger partial charge >= 0.3 is 0 Å². The molecule has 1 aliphatic heterocycles. The van der Waals surface area contributed by atoms with Crippen LogP contribution in [-0.4, -0.2) is 18.0 Å². The van der Waals surface area contributed by atoms with Gasteiger partial charge in [-0.3, -0.25) is 0 Å². The van der Waals surface area contributed by atoms with Crippen molar-refractivity contribution in [1.82, 2.24) is 0 Å². The second-order valence-corrected chi connectivity index (χ2v) is 6.56. The minimum absolute atomic E-state index is 0.178. The van der Waals surface area contributed by atoms with E-state index in [9.17, 15) is 0 Å². The molecule has 1 aliphatic rings. The number of halogens is 3. The highest BCUT2D eigenvalue weighted by molar-refractivity contribution is 9.10. The van der Waals surface area contributed by atoms with Gasteiger partial charge in [-0.1, -0.05) is 49.5 Å². The molecular formula is C13H15Br2ClO. The van der Waals surface area contributed by atoms with Crippen LogP contribution in [-0.2, 0) is 11.2 Å². The van der Waals surface area contributed by atoms with E-state index in [0.717, 1.165) is 34.3 Å². The molecule has 0 aromatic heterocycles. The second kappa shape index (κ2) is 5.60. The number of ether oxygens (including phenoxy) is 1. The van der Waals surface area contributed by atoms with Gasteiger partial charge in [-0.2, -0.15) is 0 Å². The molecule has 1 nitrogen and oxygen atoms in total. The summed E-state index contributed by atoms with van der Waals surface area (Å²) in [6.45, 7) is 3.00. The van der Waals surface area contributed by atoms with Crippen LogP contribution in [0.2, 0.25) is 5.02 Å². The molecule has 0 N–H and O–H groups in total. The van der Waals surface area contributed by atoms with Crippen molar-refractivity contribution in [3.8, 4) is 0 Å². The first-order chi connectivity index (χ1) is 8.07. The predicted octanol–water partition coefficient (Wildman–Crippen LogP) is 4.84. The molecule has 1 saturated heterocycles. The number of alkyl halides is 1. The van der Waals surface area contributed by atoms with Crippen molar-refractivity contribution in [2.45, 2.75) is 25.9 Å². The SMILES string of the molecule is CC1OCCC1(CBr)Cc1ccc(Br)cc1Cl. The molecule has 1 heterocycles. The van der Waals surface area contributed by atoms with Gasteiger partial charge in [-0.25, -0.2) is 0 Å². The lowest BCUT2D eigenvalue weighted by Gasteiger charge is -2.30. The summed E-state index contributed by atoms with van der Waals surface area (Å²) in [6, 6.07) is 6.10. The van der Waals surface area contributed by atoms with E-state index in [0.29, 0.717) is 0 Å². The summed E-state index contributed by atoms with van der Waals surface area (Å²) in [5, 5.41) is 1.78. The normalized spacial score (nSPS) is 28.6. The maximum Gasteiger partial charge on any atom is 0.0615 e. The highest BCUT2D eigenvalue weighted by atomic mass is 79.9. The van der Waals surface area contributed by atoms with Gasteiger partial charge in [0.15, 0.2) is 0 Å². The lowest BCUT2D eigenvalue weighted by Crippen LogP contribution is -2.33. The average Bonchev–Trinajstić information content (AvgIpc) is 2.65. The Bertz CT molecular complexity index is 410. The van der Waals surface area contributed by atoms with Gasteiger partial charge in [0.05, 0.1) is 6.10 Å². The largest absolute Gasteiger partial charge is 0.378 e. The minimum atomic E-state index is 0.178. The van der Waals surface area contributed by atoms with Gasteiger partial charge < -0.3 is 4.74 Å². The topological polar surface area (TPSA) is 9.23 Å². The maximum atomic E-state index is 6.29. The number of benzene rings is 1. The van der Waals surface area contributed by atoms with Gasteiger partial charge in [-0.15, -0.1) is 0 Å². The van der Waals surface area contributed by atoms with Crippen LogP contribution in [0.15, 0.2) is 22.7 Å². The van der Waals surface area contributed by atoms with E-state index >= 15 is 0 Å². The molecule has 1 aromatic carbocycles. The molecule has 4 heteroatoms. The van der Waals surface area contributed by atoms with Crippen LogP contribution in [0.1, 0.15) is 18.9 Å². The molecule has 2 unspecified atom stereocenters. The Morgan fingerprint density at radius 3 is 2.82 bits per heavy atom. The van der Waals surface area contributed by atoms with Crippen LogP contribution >= 0.6 is 43.5 Å². The van der Waals surface area contributed by atoms with Gasteiger partial charge in [0.2, 0.25) is 0 Å². The smallest absolute Gasteiger partial charge is 0.0615 e. The number of hydrogen-bond donors (Lipinski definition) is 0. The first-order valence-electron chi connectivity index (χ1n) is 5.69. The summed E-state index contributed by atoms with van der Waals surface area (Å²) in [5.41, 5.74) is 1.38. The molecule has 0 amide bonds. The summed E-state index contributed by atoms with van der Waals surface area (Å²) in [5.74, 6) is 0. The molecule has 1 aromatic rings. The van der Waals surface area contributed by atoms with E-state index in [2.05, 4.69) is 44.8 Å². The van der Waals surface area contributed by atoms with Crippen LogP contribution in [0.5, 0.6) is 0 Å². The summed E-state index contributed by atoms with van der Waals surface area (Å²) in [6.07, 6.45) is 2.33. The molecule has 1 fully saturated rings. The van der Waals surface area contributed by atoms with E-state index in [-0.39, 0.29) is 11.5 Å². The molecule has 94 valence electrons. The quantitative estimate of drug-likeness (QED) is 0.680.